The second-order valence-electron chi connectivity index (χ2n) is 8.13. The lowest BCUT2D eigenvalue weighted by Crippen LogP contribution is -2.60. The van der Waals surface area contributed by atoms with Crippen molar-refractivity contribution in [2.45, 2.75) is 56.0 Å². The number of morpholine rings is 1. The molecule has 0 atom stereocenters. The van der Waals surface area contributed by atoms with E-state index in [0.717, 1.165) is 50.9 Å². The maximum absolute atomic E-state index is 11.6. The lowest BCUT2D eigenvalue weighted by molar-refractivity contribution is -0.0352. The second-order valence-corrected chi connectivity index (χ2v) is 9.69. The summed E-state index contributed by atoms with van der Waals surface area (Å²) in [4.78, 5) is 7.39. The number of hydrogen-bond donors (Lipinski definition) is 3. The molecule has 1 saturated heterocycles. The zero-order chi connectivity index (χ0) is 21.5. The maximum atomic E-state index is 11.6. The van der Waals surface area contributed by atoms with Crippen molar-refractivity contribution in [3.63, 3.8) is 0 Å². The summed E-state index contributed by atoms with van der Waals surface area (Å²) in [5.74, 6) is 0.747. The van der Waals surface area contributed by atoms with Crippen LogP contribution in [0.1, 0.15) is 44.6 Å². The summed E-state index contributed by atoms with van der Waals surface area (Å²) < 4.78 is 28.8. The summed E-state index contributed by atoms with van der Waals surface area (Å²) in [6.45, 7) is 7.59. The zero-order valence-electron chi connectivity index (χ0n) is 17.9. The van der Waals surface area contributed by atoms with Gasteiger partial charge in [0, 0.05) is 31.7 Å². The van der Waals surface area contributed by atoms with Gasteiger partial charge in [0.15, 0.2) is 5.96 Å². The molecule has 30 heavy (non-hydrogen) atoms. The minimum Gasteiger partial charge on any atom is -0.379 e. The van der Waals surface area contributed by atoms with Gasteiger partial charge in [-0.2, -0.15) is 0 Å². The molecule has 0 aromatic heterocycles. The standard InChI is InChI=1S/C21H35N5O3S/c1-2-23-20(24-16-18-7-6-8-19(15-18)30(22,27)28)25-17-21(9-4-3-5-10-21)26-11-13-29-14-12-26/h6-8,15H,2-5,9-14,16-17H2,1H3,(H2,22,27,28)(H2,23,24,25). The maximum Gasteiger partial charge on any atom is 0.238 e. The monoisotopic (exact) mass is 437 g/mol. The first-order valence-corrected chi connectivity index (χ1v) is 12.4. The highest BCUT2D eigenvalue weighted by molar-refractivity contribution is 7.89. The van der Waals surface area contributed by atoms with Crippen LogP contribution in [0.2, 0.25) is 0 Å². The van der Waals surface area contributed by atoms with Crippen molar-refractivity contribution in [2.24, 2.45) is 10.1 Å². The molecule has 1 aromatic rings. The van der Waals surface area contributed by atoms with E-state index in [4.69, 9.17) is 9.88 Å². The van der Waals surface area contributed by atoms with Gasteiger partial charge in [0.25, 0.3) is 0 Å². The SMILES string of the molecule is CCNC(=NCc1cccc(S(N)(=O)=O)c1)NCC1(N2CCOCC2)CCCCC1. The first kappa shape index (κ1) is 23.0. The molecule has 1 aromatic carbocycles. The minimum atomic E-state index is -3.71. The van der Waals surface area contributed by atoms with Gasteiger partial charge in [0.1, 0.15) is 0 Å². The van der Waals surface area contributed by atoms with Crippen LogP contribution in [0.5, 0.6) is 0 Å². The van der Waals surface area contributed by atoms with Gasteiger partial charge in [-0.25, -0.2) is 18.5 Å². The molecule has 0 unspecified atom stereocenters. The first-order valence-electron chi connectivity index (χ1n) is 10.9. The quantitative estimate of drug-likeness (QED) is 0.440. The molecule has 4 N–H and O–H groups in total. The largest absolute Gasteiger partial charge is 0.379 e. The lowest BCUT2D eigenvalue weighted by Gasteiger charge is -2.48. The summed E-state index contributed by atoms with van der Waals surface area (Å²) in [5.41, 5.74) is 0.950. The molecule has 2 aliphatic rings. The van der Waals surface area contributed by atoms with Crippen LogP contribution in [-0.4, -0.2) is 64.2 Å². The number of sulfonamides is 1. The molecular formula is C21H35N5O3S. The lowest BCUT2D eigenvalue weighted by atomic mass is 9.80. The minimum absolute atomic E-state index is 0.113. The Morgan fingerprint density at radius 1 is 1.20 bits per heavy atom. The van der Waals surface area contributed by atoms with Gasteiger partial charge in [0.05, 0.1) is 24.7 Å². The second kappa shape index (κ2) is 10.6. The molecule has 9 heteroatoms. The number of guanidine groups is 1. The summed E-state index contributed by atoms with van der Waals surface area (Å²) in [5, 5.41) is 12.1. The van der Waals surface area contributed by atoms with Crippen LogP contribution in [0.15, 0.2) is 34.2 Å². The molecule has 8 nitrogen and oxygen atoms in total. The average Bonchev–Trinajstić information content (AvgIpc) is 2.76. The van der Waals surface area contributed by atoms with E-state index >= 15 is 0 Å². The van der Waals surface area contributed by atoms with Crippen LogP contribution in [0.3, 0.4) is 0 Å². The molecule has 2 fully saturated rings. The van der Waals surface area contributed by atoms with Crippen LogP contribution in [0, 0.1) is 0 Å². The smallest absolute Gasteiger partial charge is 0.238 e. The predicted octanol–water partition coefficient (Wildman–Crippen LogP) is 1.42. The van der Waals surface area contributed by atoms with Gasteiger partial charge in [-0.15, -0.1) is 0 Å². The van der Waals surface area contributed by atoms with Crippen LogP contribution >= 0.6 is 0 Å². The Kier molecular flexibility index (Phi) is 8.10. The van der Waals surface area contributed by atoms with Crippen molar-refractivity contribution in [3.8, 4) is 0 Å². The summed E-state index contributed by atoms with van der Waals surface area (Å²) in [7, 11) is -3.71. The van der Waals surface area contributed by atoms with E-state index in [1.165, 1.54) is 38.2 Å². The zero-order valence-corrected chi connectivity index (χ0v) is 18.7. The average molecular weight is 438 g/mol. The highest BCUT2D eigenvalue weighted by Gasteiger charge is 2.38. The van der Waals surface area contributed by atoms with Gasteiger partial charge in [-0.3, -0.25) is 4.90 Å². The number of aliphatic imine (C=N–C) groups is 1. The molecule has 0 radical (unpaired) electrons. The van der Waals surface area contributed by atoms with E-state index in [0.29, 0.717) is 6.54 Å². The normalized spacial score (nSPS) is 20.7. The first-order chi connectivity index (χ1) is 14.4. The predicted molar refractivity (Wildman–Crippen MR) is 119 cm³/mol. The third-order valence-electron chi connectivity index (χ3n) is 6.04. The van der Waals surface area contributed by atoms with Crippen molar-refractivity contribution >= 4 is 16.0 Å². The third-order valence-corrected chi connectivity index (χ3v) is 6.95. The molecule has 1 aliphatic carbocycles. The Morgan fingerprint density at radius 2 is 1.93 bits per heavy atom. The van der Waals surface area contributed by atoms with Crippen molar-refractivity contribution in [3.05, 3.63) is 29.8 Å². The van der Waals surface area contributed by atoms with Gasteiger partial charge in [0.2, 0.25) is 10.0 Å². The van der Waals surface area contributed by atoms with Gasteiger partial charge in [-0.1, -0.05) is 31.4 Å². The molecular weight excluding hydrogens is 402 g/mol. The van der Waals surface area contributed by atoms with Crippen molar-refractivity contribution < 1.29 is 13.2 Å². The molecule has 0 spiro atoms. The Morgan fingerprint density at radius 3 is 2.60 bits per heavy atom. The molecule has 1 aliphatic heterocycles. The van der Waals surface area contributed by atoms with Crippen LogP contribution in [0.25, 0.3) is 0 Å². The Bertz CT molecular complexity index is 816. The summed E-state index contributed by atoms with van der Waals surface area (Å²) >= 11 is 0. The number of nitrogens with one attached hydrogen (secondary N) is 2. The summed E-state index contributed by atoms with van der Waals surface area (Å²) in [6.07, 6.45) is 6.20. The molecule has 1 heterocycles. The number of nitrogens with zero attached hydrogens (tertiary/aromatic N) is 2. The Balaban J connectivity index is 1.69. The van der Waals surface area contributed by atoms with E-state index in [-0.39, 0.29) is 10.4 Å². The molecule has 3 rings (SSSR count). The molecule has 168 valence electrons. The number of primary sulfonamides is 1. The Labute approximate surface area is 180 Å². The highest BCUT2D eigenvalue weighted by atomic mass is 32.2. The number of rotatable bonds is 7. The highest BCUT2D eigenvalue weighted by Crippen LogP contribution is 2.33. The fourth-order valence-corrected chi connectivity index (χ4v) is 5.02. The molecule has 0 amide bonds. The van der Waals surface area contributed by atoms with E-state index < -0.39 is 10.0 Å². The van der Waals surface area contributed by atoms with Gasteiger partial charge < -0.3 is 15.4 Å². The summed E-state index contributed by atoms with van der Waals surface area (Å²) in [6, 6.07) is 6.64. The third kappa shape index (κ3) is 6.16. The van der Waals surface area contributed by atoms with Gasteiger partial charge >= 0.3 is 0 Å². The Hall–Kier alpha value is -1.68. The van der Waals surface area contributed by atoms with E-state index in [1.54, 1.807) is 12.1 Å². The number of hydrogen-bond acceptors (Lipinski definition) is 5. The van der Waals surface area contributed by atoms with Crippen LogP contribution < -0.4 is 15.8 Å². The molecule has 0 bridgehead atoms. The fraction of sp³-hybridized carbons (Fsp3) is 0.667. The van der Waals surface area contributed by atoms with Crippen molar-refractivity contribution in [2.75, 3.05) is 39.4 Å². The topological polar surface area (TPSA) is 109 Å². The van der Waals surface area contributed by atoms with Crippen molar-refractivity contribution in [1.82, 2.24) is 15.5 Å². The number of nitrogens with two attached hydrogens (primary N) is 1. The number of ether oxygens (including phenoxy) is 1. The van der Waals surface area contributed by atoms with E-state index in [1.807, 2.05) is 13.0 Å². The van der Waals surface area contributed by atoms with Crippen LogP contribution in [0.4, 0.5) is 0 Å². The fourth-order valence-electron chi connectivity index (χ4n) is 4.43. The van der Waals surface area contributed by atoms with Crippen molar-refractivity contribution in [1.29, 1.82) is 0 Å². The number of benzene rings is 1. The molecule has 1 saturated carbocycles. The van der Waals surface area contributed by atoms with Gasteiger partial charge in [-0.05, 0) is 37.5 Å². The van der Waals surface area contributed by atoms with E-state index in [9.17, 15) is 8.42 Å². The van der Waals surface area contributed by atoms with Crippen LogP contribution in [-0.2, 0) is 21.3 Å². The van der Waals surface area contributed by atoms with E-state index in [2.05, 4.69) is 20.5 Å².